The van der Waals surface area contributed by atoms with Gasteiger partial charge in [-0.15, -0.1) is 5.11 Å². The van der Waals surface area contributed by atoms with Crippen LogP contribution in [0.2, 0.25) is 0 Å². The fourth-order valence-electron chi connectivity index (χ4n) is 2.88. The highest BCUT2D eigenvalue weighted by Gasteiger charge is 2.48. The van der Waals surface area contributed by atoms with E-state index in [4.69, 9.17) is 0 Å². The molecule has 21 heavy (non-hydrogen) atoms. The van der Waals surface area contributed by atoms with Crippen molar-refractivity contribution in [2.75, 3.05) is 0 Å². The van der Waals surface area contributed by atoms with E-state index in [0.717, 1.165) is 0 Å². The Balaban J connectivity index is 2.93. The van der Waals surface area contributed by atoms with Gasteiger partial charge in [-0.1, -0.05) is 51.1 Å². The summed E-state index contributed by atoms with van der Waals surface area (Å²) in [5, 5.41) is 7.65. The standard InChI is InChI=1S/C16H23N3O2/c1-11(2)16(12(3)4,13(5)20)15(21)18-19-17-14-9-7-6-8-10-14/h6-12H,1-5H3,(H,17,18,21). The summed E-state index contributed by atoms with van der Waals surface area (Å²) in [4.78, 5) is 24.6. The molecule has 0 atom stereocenters. The molecule has 0 aromatic heterocycles. The molecule has 0 fully saturated rings. The Labute approximate surface area is 125 Å². The highest BCUT2D eigenvalue weighted by atomic mass is 16.2. The summed E-state index contributed by atoms with van der Waals surface area (Å²) in [6.45, 7) is 8.93. The van der Waals surface area contributed by atoms with Gasteiger partial charge < -0.3 is 0 Å². The molecule has 1 aromatic carbocycles. The summed E-state index contributed by atoms with van der Waals surface area (Å²) >= 11 is 0. The normalized spacial score (nSPS) is 12.1. The van der Waals surface area contributed by atoms with Crippen LogP contribution in [0.1, 0.15) is 34.6 Å². The van der Waals surface area contributed by atoms with Gasteiger partial charge in [0, 0.05) is 0 Å². The van der Waals surface area contributed by atoms with Crippen LogP contribution < -0.4 is 5.43 Å². The Hall–Kier alpha value is -2.04. The van der Waals surface area contributed by atoms with E-state index in [1.54, 1.807) is 12.1 Å². The summed E-state index contributed by atoms with van der Waals surface area (Å²) in [7, 11) is 0. The van der Waals surface area contributed by atoms with Gasteiger partial charge in [-0.05, 0) is 30.9 Å². The van der Waals surface area contributed by atoms with Crippen molar-refractivity contribution in [1.29, 1.82) is 0 Å². The van der Waals surface area contributed by atoms with Crippen LogP contribution in [-0.4, -0.2) is 11.7 Å². The fourth-order valence-corrected chi connectivity index (χ4v) is 2.88. The van der Waals surface area contributed by atoms with Gasteiger partial charge >= 0.3 is 0 Å². The van der Waals surface area contributed by atoms with Gasteiger partial charge in [-0.2, -0.15) is 0 Å². The number of benzene rings is 1. The Morgan fingerprint density at radius 3 is 2.00 bits per heavy atom. The molecule has 0 radical (unpaired) electrons. The molecule has 0 unspecified atom stereocenters. The van der Waals surface area contributed by atoms with E-state index in [2.05, 4.69) is 15.8 Å². The zero-order chi connectivity index (χ0) is 16.0. The molecule has 1 amide bonds. The second kappa shape index (κ2) is 7.11. The van der Waals surface area contributed by atoms with E-state index in [1.165, 1.54) is 6.92 Å². The average molecular weight is 289 g/mol. The van der Waals surface area contributed by atoms with Gasteiger partial charge in [0.25, 0.3) is 5.91 Å². The van der Waals surface area contributed by atoms with Gasteiger partial charge in [0.2, 0.25) is 0 Å². The number of hydrogen-bond acceptors (Lipinski definition) is 4. The topological polar surface area (TPSA) is 70.9 Å². The third-order valence-electron chi connectivity index (χ3n) is 3.85. The lowest BCUT2D eigenvalue weighted by molar-refractivity contribution is -0.148. The second-order valence-electron chi connectivity index (χ2n) is 5.71. The van der Waals surface area contributed by atoms with Crippen molar-refractivity contribution < 1.29 is 9.59 Å². The lowest BCUT2D eigenvalue weighted by Crippen LogP contribution is -2.51. The van der Waals surface area contributed by atoms with Crippen molar-refractivity contribution >= 4 is 17.4 Å². The third-order valence-corrected chi connectivity index (χ3v) is 3.85. The number of amides is 1. The number of hydrogen-bond donors (Lipinski definition) is 1. The zero-order valence-corrected chi connectivity index (χ0v) is 13.3. The van der Waals surface area contributed by atoms with Crippen molar-refractivity contribution in [2.45, 2.75) is 34.6 Å². The molecule has 0 aliphatic carbocycles. The molecule has 0 bridgehead atoms. The first-order chi connectivity index (χ1) is 9.83. The first-order valence-electron chi connectivity index (χ1n) is 7.10. The Morgan fingerprint density at radius 1 is 1.05 bits per heavy atom. The predicted octanol–water partition coefficient (Wildman–Crippen LogP) is 3.69. The largest absolute Gasteiger partial charge is 0.299 e. The summed E-state index contributed by atoms with van der Waals surface area (Å²) in [5.74, 6) is -0.802. The van der Waals surface area contributed by atoms with E-state index in [1.807, 2.05) is 45.9 Å². The summed E-state index contributed by atoms with van der Waals surface area (Å²) < 4.78 is 0. The van der Waals surface area contributed by atoms with Gasteiger partial charge in [-0.25, -0.2) is 5.43 Å². The van der Waals surface area contributed by atoms with Crippen LogP contribution in [0.15, 0.2) is 40.7 Å². The van der Waals surface area contributed by atoms with E-state index >= 15 is 0 Å². The van der Waals surface area contributed by atoms with Crippen molar-refractivity contribution in [3.63, 3.8) is 0 Å². The SMILES string of the molecule is CC(=O)C(C(=O)NN=Nc1ccccc1)(C(C)C)C(C)C. The predicted molar refractivity (Wildman–Crippen MR) is 81.9 cm³/mol. The molecule has 0 spiro atoms. The summed E-state index contributed by atoms with van der Waals surface area (Å²) in [6, 6.07) is 9.09. The molecule has 0 saturated heterocycles. The molecule has 114 valence electrons. The van der Waals surface area contributed by atoms with E-state index in [9.17, 15) is 9.59 Å². The lowest BCUT2D eigenvalue weighted by atomic mass is 9.66. The van der Waals surface area contributed by atoms with Gasteiger partial charge in [0.15, 0.2) is 0 Å². The highest BCUT2D eigenvalue weighted by Crippen LogP contribution is 2.37. The Morgan fingerprint density at radius 2 is 1.57 bits per heavy atom. The lowest BCUT2D eigenvalue weighted by Gasteiger charge is -2.36. The number of carbonyl (C=O) groups is 2. The van der Waals surface area contributed by atoms with Crippen LogP contribution in [0, 0.1) is 17.3 Å². The van der Waals surface area contributed by atoms with Crippen molar-refractivity contribution in [1.82, 2.24) is 5.43 Å². The summed E-state index contributed by atoms with van der Waals surface area (Å²) in [6.07, 6.45) is 0. The van der Waals surface area contributed by atoms with E-state index in [-0.39, 0.29) is 17.6 Å². The first-order valence-corrected chi connectivity index (χ1v) is 7.10. The van der Waals surface area contributed by atoms with Crippen LogP contribution in [0.25, 0.3) is 0 Å². The minimum atomic E-state index is -1.09. The zero-order valence-electron chi connectivity index (χ0n) is 13.3. The average Bonchev–Trinajstić information content (AvgIpc) is 2.39. The number of carbonyl (C=O) groups excluding carboxylic acids is 2. The first kappa shape index (κ1) is 17.0. The van der Waals surface area contributed by atoms with Gasteiger partial charge in [0.1, 0.15) is 11.2 Å². The smallest absolute Gasteiger partial charge is 0.255 e. The molecule has 5 nitrogen and oxygen atoms in total. The monoisotopic (exact) mass is 289 g/mol. The molecule has 1 aromatic rings. The highest BCUT2D eigenvalue weighted by molar-refractivity contribution is 6.05. The van der Waals surface area contributed by atoms with E-state index < -0.39 is 11.3 Å². The van der Waals surface area contributed by atoms with E-state index in [0.29, 0.717) is 5.69 Å². The number of nitrogens with one attached hydrogen (secondary N) is 1. The molecule has 0 aliphatic rings. The molecule has 1 rings (SSSR count). The quantitative estimate of drug-likeness (QED) is 0.493. The number of Topliss-reactive ketones (excluding diaryl/α,β-unsaturated/α-hetero) is 1. The van der Waals surface area contributed by atoms with Gasteiger partial charge in [-0.3, -0.25) is 9.59 Å². The molecule has 0 aliphatic heterocycles. The Bertz CT molecular complexity index is 514. The van der Waals surface area contributed by atoms with Gasteiger partial charge in [0.05, 0.1) is 5.69 Å². The van der Waals surface area contributed by atoms with Crippen molar-refractivity contribution in [3.05, 3.63) is 30.3 Å². The number of nitrogens with zero attached hydrogens (tertiary/aromatic N) is 2. The maximum Gasteiger partial charge on any atom is 0.255 e. The summed E-state index contributed by atoms with van der Waals surface area (Å²) in [5.41, 5.74) is 1.97. The Kier molecular flexibility index (Phi) is 5.76. The maximum absolute atomic E-state index is 12.5. The fraction of sp³-hybridized carbons (Fsp3) is 0.500. The van der Waals surface area contributed by atoms with Crippen molar-refractivity contribution in [2.24, 2.45) is 27.6 Å². The molecule has 1 N–H and O–H groups in total. The molecule has 5 heteroatoms. The minimum absolute atomic E-state index is 0.123. The molecule has 0 saturated carbocycles. The molecular formula is C16H23N3O2. The van der Waals surface area contributed by atoms with Crippen LogP contribution in [-0.2, 0) is 9.59 Å². The molecular weight excluding hydrogens is 266 g/mol. The van der Waals surface area contributed by atoms with Crippen LogP contribution in [0.3, 0.4) is 0 Å². The minimum Gasteiger partial charge on any atom is -0.299 e. The third kappa shape index (κ3) is 3.54. The second-order valence-corrected chi connectivity index (χ2v) is 5.71. The number of rotatable bonds is 6. The van der Waals surface area contributed by atoms with Crippen LogP contribution in [0.5, 0.6) is 0 Å². The van der Waals surface area contributed by atoms with Crippen molar-refractivity contribution in [3.8, 4) is 0 Å². The van der Waals surface area contributed by atoms with Crippen LogP contribution >= 0.6 is 0 Å². The van der Waals surface area contributed by atoms with Crippen LogP contribution in [0.4, 0.5) is 5.69 Å². The maximum atomic E-state index is 12.5. The number of ketones is 1. The molecule has 0 heterocycles.